The van der Waals surface area contributed by atoms with Gasteiger partial charge in [0.15, 0.2) is 0 Å². The molecule has 2 fully saturated rings. The number of likely N-dealkylation sites (tertiary alicyclic amines) is 2. The van der Waals surface area contributed by atoms with Gasteiger partial charge in [0.1, 0.15) is 11.9 Å². The first-order valence-electron chi connectivity index (χ1n) is 12.5. The first-order chi connectivity index (χ1) is 15.7. The lowest BCUT2D eigenvalue weighted by Gasteiger charge is -2.39. The molecule has 3 aliphatic heterocycles. The summed E-state index contributed by atoms with van der Waals surface area (Å²) < 4.78 is 6.01. The molecule has 1 aromatic rings. The molecule has 0 bridgehead atoms. The van der Waals surface area contributed by atoms with Gasteiger partial charge in [-0.15, -0.1) is 0 Å². The molecule has 4 rings (SSSR count). The van der Waals surface area contributed by atoms with Gasteiger partial charge < -0.3 is 19.9 Å². The number of anilines is 1. The molecule has 3 heterocycles. The Kier molecular flexibility index (Phi) is 7.90. The van der Waals surface area contributed by atoms with Crippen molar-refractivity contribution in [3.8, 4) is 5.75 Å². The first-order valence-corrected chi connectivity index (χ1v) is 12.5. The topological polar surface area (TPSA) is 65.1 Å². The van der Waals surface area contributed by atoms with E-state index in [1.807, 2.05) is 34.1 Å². The fraction of sp³-hybridized carbons (Fsp3) is 0.680. The molecule has 176 valence electrons. The van der Waals surface area contributed by atoms with E-state index >= 15 is 0 Å². The number of carbonyl (C=O) groups excluding carboxylic acids is 2. The maximum Gasteiger partial charge on any atom is 0.324 e. The average molecular weight is 443 g/mol. The van der Waals surface area contributed by atoms with E-state index < -0.39 is 0 Å². The Labute approximate surface area is 192 Å². The molecule has 1 aromatic carbocycles. The summed E-state index contributed by atoms with van der Waals surface area (Å²) in [4.78, 5) is 32.2. The fourth-order valence-electron chi connectivity index (χ4n) is 5.04. The zero-order valence-electron chi connectivity index (χ0n) is 19.4. The molecule has 0 saturated carbocycles. The number of rotatable bonds is 6. The van der Waals surface area contributed by atoms with E-state index in [1.54, 1.807) is 0 Å². The number of piperidine rings is 2. The molecule has 7 nitrogen and oxygen atoms in total. The van der Waals surface area contributed by atoms with Gasteiger partial charge in [-0.05, 0) is 70.3 Å². The number of nitrogens with one attached hydrogen (secondary N) is 1. The van der Waals surface area contributed by atoms with Crippen LogP contribution in [0.1, 0.15) is 51.9 Å². The van der Waals surface area contributed by atoms with Gasteiger partial charge in [-0.25, -0.2) is 4.79 Å². The summed E-state index contributed by atoms with van der Waals surface area (Å²) in [7, 11) is 0. The van der Waals surface area contributed by atoms with Crippen LogP contribution in [0.25, 0.3) is 0 Å². The molecule has 0 aromatic heterocycles. The highest BCUT2D eigenvalue weighted by Crippen LogP contribution is 2.35. The van der Waals surface area contributed by atoms with Crippen LogP contribution in [0.5, 0.6) is 5.75 Å². The SMILES string of the molecule is CC[C@@H]1CN(C(=O)N2CCC(C(=O)NCCCN3CCCCC3)CC2)c2ccccc2O1. The summed E-state index contributed by atoms with van der Waals surface area (Å²) in [6.45, 7) is 8.13. The molecule has 0 unspecified atom stereocenters. The smallest absolute Gasteiger partial charge is 0.324 e. The number of hydrogen-bond donors (Lipinski definition) is 1. The van der Waals surface area contributed by atoms with Crippen LogP contribution in [-0.2, 0) is 4.79 Å². The van der Waals surface area contributed by atoms with Crippen molar-refractivity contribution in [1.29, 1.82) is 0 Å². The zero-order chi connectivity index (χ0) is 22.3. The fourth-order valence-corrected chi connectivity index (χ4v) is 5.04. The van der Waals surface area contributed by atoms with Crippen LogP contribution < -0.4 is 15.0 Å². The van der Waals surface area contributed by atoms with Crippen molar-refractivity contribution in [2.24, 2.45) is 5.92 Å². The number of hydrogen-bond acceptors (Lipinski definition) is 4. The maximum absolute atomic E-state index is 13.3. The lowest BCUT2D eigenvalue weighted by molar-refractivity contribution is -0.126. The van der Waals surface area contributed by atoms with Gasteiger partial charge in [0.05, 0.1) is 12.2 Å². The van der Waals surface area contributed by atoms with Gasteiger partial charge in [-0.2, -0.15) is 0 Å². The number of carbonyl (C=O) groups is 2. The van der Waals surface area contributed by atoms with Gasteiger partial charge in [0.2, 0.25) is 5.91 Å². The molecule has 2 saturated heterocycles. The van der Waals surface area contributed by atoms with Crippen LogP contribution in [0.4, 0.5) is 10.5 Å². The second-order valence-corrected chi connectivity index (χ2v) is 9.32. The van der Waals surface area contributed by atoms with E-state index in [0.29, 0.717) is 19.6 Å². The number of ether oxygens (including phenoxy) is 1. The van der Waals surface area contributed by atoms with Gasteiger partial charge in [-0.3, -0.25) is 9.69 Å². The first kappa shape index (κ1) is 22.9. The third kappa shape index (κ3) is 5.55. The minimum atomic E-state index is 0.00871. The standard InChI is InChI=1S/C25H38N4O3/c1-2-21-19-29(22-9-4-5-10-23(22)32-21)25(31)28-17-11-20(12-18-28)24(30)26-13-8-16-27-14-6-3-7-15-27/h4-5,9-10,20-21H,2-3,6-8,11-19H2,1H3,(H,26,30)/t21-/m1/s1. The predicted molar refractivity (Wildman–Crippen MR) is 126 cm³/mol. The van der Waals surface area contributed by atoms with Crippen molar-refractivity contribution in [3.63, 3.8) is 0 Å². The van der Waals surface area contributed by atoms with E-state index in [-0.39, 0.29) is 24.0 Å². The molecular weight excluding hydrogens is 404 g/mol. The molecule has 0 radical (unpaired) electrons. The number of fused-ring (bicyclic) bond motifs is 1. The van der Waals surface area contributed by atoms with Gasteiger partial charge in [0, 0.05) is 25.6 Å². The lowest BCUT2D eigenvalue weighted by atomic mass is 9.96. The van der Waals surface area contributed by atoms with E-state index in [4.69, 9.17) is 4.74 Å². The average Bonchev–Trinajstić information content (AvgIpc) is 2.86. The number of para-hydroxylation sites is 2. The third-order valence-electron chi connectivity index (χ3n) is 7.06. The van der Waals surface area contributed by atoms with Gasteiger partial charge in [-0.1, -0.05) is 25.5 Å². The summed E-state index contributed by atoms with van der Waals surface area (Å²) >= 11 is 0. The summed E-state index contributed by atoms with van der Waals surface area (Å²) in [5.41, 5.74) is 0.843. The number of nitrogens with zero attached hydrogens (tertiary/aromatic N) is 3. The van der Waals surface area contributed by atoms with Crippen LogP contribution >= 0.6 is 0 Å². The Morgan fingerprint density at radius 3 is 2.56 bits per heavy atom. The highest BCUT2D eigenvalue weighted by atomic mass is 16.5. The largest absolute Gasteiger partial charge is 0.486 e. The molecule has 0 spiro atoms. The molecule has 1 atom stereocenters. The Bertz CT molecular complexity index is 772. The maximum atomic E-state index is 13.3. The Balaban J connectivity index is 1.22. The molecule has 1 N–H and O–H groups in total. The second kappa shape index (κ2) is 11.0. The quantitative estimate of drug-likeness (QED) is 0.685. The van der Waals surface area contributed by atoms with Crippen molar-refractivity contribution in [2.75, 3.05) is 50.7 Å². The lowest BCUT2D eigenvalue weighted by Crippen LogP contribution is -2.52. The van der Waals surface area contributed by atoms with Crippen LogP contribution in [0.15, 0.2) is 24.3 Å². The summed E-state index contributed by atoms with van der Waals surface area (Å²) in [5, 5.41) is 3.13. The summed E-state index contributed by atoms with van der Waals surface area (Å²) in [6, 6.07) is 7.79. The van der Waals surface area contributed by atoms with Crippen molar-refractivity contribution in [2.45, 2.75) is 58.0 Å². The van der Waals surface area contributed by atoms with Crippen LogP contribution in [0.3, 0.4) is 0 Å². The van der Waals surface area contributed by atoms with E-state index in [1.165, 1.54) is 32.4 Å². The minimum absolute atomic E-state index is 0.00871. The van der Waals surface area contributed by atoms with Gasteiger partial charge >= 0.3 is 6.03 Å². The Morgan fingerprint density at radius 1 is 1.06 bits per heavy atom. The second-order valence-electron chi connectivity index (χ2n) is 9.32. The number of urea groups is 1. The molecule has 0 aliphatic carbocycles. The Morgan fingerprint density at radius 2 is 1.81 bits per heavy atom. The van der Waals surface area contributed by atoms with E-state index in [9.17, 15) is 9.59 Å². The van der Waals surface area contributed by atoms with Gasteiger partial charge in [0.25, 0.3) is 0 Å². The summed E-state index contributed by atoms with van der Waals surface area (Å²) in [6.07, 6.45) is 7.31. The Hall–Kier alpha value is -2.28. The normalized spacial score (nSPS) is 22.2. The number of amides is 3. The van der Waals surface area contributed by atoms with Crippen molar-refractivity contribution in [1.82, 2.24) is 15.1 Å². The molecule has 3 amide bonds. The third-order valence-corrected chi connectivity index (χ3v) is 7.06. The highest BCUT2D eigenvalue weighted by molar-refractivity contribution is 5.94. The van der Waals surface area contributed by atoms with E-state index in [0.717, 1.165) is 50.2 Å². The van der Waals surface area contributed by atoms with Crippen LogP contribution in [-0.4, -0.2) is 73.7 Å². The van der Waals surface area contributed by atoms with Crippen LogP contribution in [0.2, 0.25) is 0 Å². The van der Waals surface area contributed by atoms with Crippen LogP contribution in [0, 0.1) is 5.92 Å². The monoisotopic (exact) mass is 442 g/mol. The zero-order valence-corrected chi connectivity index (χ0v) is 19.4. The minimum Gasteiger partial charge on any atom is -0.486 e. The van der Waals surface area contributed by atoms with Crippen molar-refractivity contribution >= 4 is 17.6 Å². The molecule has 32 heavy (non-hydrogen) atoms. The van der Waals surface area contributed by atoms with E-state index in [2.05, 4.69) is 17.1 Å². The molecule has 3 aliphatic rings. The molecular formula is C25H38N4O3. The highest BCUT2D eigenvalue weighted by Gasteiger charge is 2.34. The van der Waals surface area contributed by atoms with Crippen molar-refractivity contribution in [3.05, 3.63) is 24.3 Å². The van der Waals surface area contributed by atoms with Crippen molar-refractivity contribution < 1.29 is 14.3 Å². The number of benzene rings is 1. The molecule has 7 heteroatoms. The summed E-state index contributed by atoms with van der Waals surface area (Å²) in [5.74, 6) is 0.936. The predicted octanol–water partition coefficient (Wildman–Crippen LogP) is 3.49.